The van der Waals surface area contributed by atoms with Gasteiger partial charge in [-0.3, -0.25) is 19.9 Å². The number of nitrogens with one attached hydrogen (secondary N) is 3. The van der Waals surface area contributed by atoms with Gasteiger partial charge in [0.2, 0.25) is 0 Å². The molecule has 1 aromatic carbocycles. The number of carbonyl (C=O) groups excluding carboxylic acids is 2. The molecule has 4 rings (SSSR count). The van der Waals surface area contributed by atoms with Crippen molar-refractivity contribution in [3.05, 3.63) is 52.3 Å². The highest BCUT2D eigenvalue weighted by Crippen LogP contribution is 2.47. The first-order valence-electron chi connectivity index (χ1n) is 7.90. The Morgan fingerprint density at radius 3 is 2.74 bits per heavy atom. The van der Waals surface area contributed by atoms with Gasteiger partial charge in [-0.1, -0.05) is 0 Å². The second-order valence-corrected chi connectivity index (χ2v) is 5.76. The molecule has 0 atom stereocenters. The van der Waals surface area contributed by atoms with E-state index in [1.165, 1.54) is 12.3 Å². The Morgan fingerprint density at radius 2 is 2.07 bits per heavy atom. The second-order valence-electron chi connectivity index (χ2n) is 5.76. The Bertz CT molecular complexity index is 942. The quantitative estimate of drug-likeness (QED) is 0.551. The Morgan fingerprint density at radius 1 is 1.30 bits per heavy atom. The van der Waals surface area contributed by atoms with Gasteiger partial charge in [0.25, 0.3) is 17.4 Å². The first kappa shape index (κ1) is 16.9. The van der Waals surface area contributed by atoms with Crippen LogP contribution in [0.4, 0.5) is 27.5 Å². The van der Waals surface area contributed by atoms with Gasteiger partial charge < -0.3 is 25.4 Å². The van der Waals surface area contributed by atoms with Crippen LogP contribution in [0.3, 0.4) is 0 Å². The number of nitrogens with zero attached hydrogens (tertiary/aromatic N) is 2. The van der Waals surface area contributed by atoms with E-state index in [9.17, 15) is 19.7 Å². The van der Waals surface area contributed by atoms with Crippen molar-refractivity contribution in [3.63, 3.8) is 0 Å². The molecule has 0 radical (unpaired) electrons. The van der Waals surface area contributed by atoms with Crippen molar-refractivity contribution < 1.29 is 24.0 Å². The van der Waals surface area contributed by atoms with E-state index in [0.717, 1.165) is 6.07 Å². The molecular weight excluding hydrogens is 358 g/mol. The number of fused-ring (bicyclic) bond motifs is 2. The molecule has 0 saturated carbocycles. The Balaban J connectivity index is 1.70. The summed E-state index contributed by atoms with van der Waals surface area (Å²) < 4.78 is 10.9. The van der Waals surface area contributed by atoms with Crippen molar-refractivity contribution in [1.29, 1.82) is 0 Å². The summed E-state index contributed by atoms with van der Waals surface area (Å²) in [6.07, 6.45) is 2.99. The van der Waals surface area contributed by atoms with Gasteiger partial charge >= 0.3 is 6.03 Å². The van der Waals surface area contributed by atoms with Crippen LogP contribution in [0.2, 0.25) is 0 Å². The summed E-state index contributed by atoms with van der Waals surface area (Å²) in [5.74, 6) is -2.34. The molecule has 3 amide bonds. The second kappa shape index (κ2) is 6.30. The molecular formula is C16H13N5O6. The molecule has 0 unspecified atom stereocenters. The third kappa shape index (κ3) is 2.84. The van der Waals surface area contributed by atoms with Crippen molar-refractivity contribution in [2.75, 3.05) is 29.2 Å². The van der Waals surface area contributed by atoms with Crippen LogP contribution in [0.1, 0.15) is 5.56 Å². The SMILES string of the molecule is O=C(Nc1cccnc1)Nc1cc([N+](=O)[O-])cc2c1NC(=O)C21OCCO1. The molecule has 27 heavy (non-hydrogen) atoms. The van der Waals surface area contributed by atoms with Gasteiger partial charge in [0, 0.05) is 18.3 Å². The monoisotopic (exact) mass is 371 g/mol. The van der Waals surface area contributed by atoms with Crippen LogP contribution in [-0.4, -0.2) is 35.1 Å². The number of amides is 3. The number of rotatable bonds is 3. The molecule has 2 aliphatic heterocycles. The molecule has 3 heterocycles. The summed E-state index contributed by atoms with van der Waals surface area (Å²) in [4.78, 5) is 39.2. The van der Waals surface area contributed by atoms with Crippen molar-refractivity contribution in [3.8, 4) is 0 Å². The highest BCUT2D eigenvalue weighted by molar-refractivity contribution is 6.11. The average Bonchev–Trinajstić information content (AvgIpc) is 3.23. The lowest BCUT2D eigenvalue weighted by molar-refractivity contribution is -0.385. The van der Waals surface area contributed by atoms with Gasteiger partial charge in [-0.25, -0.2) is 4.79 Å². The molecule has 1 fully saturated rings. The summed E-state index contributed by atoms with van der Waals surface area (Å²) >= 11 is 0. The highest BCUT2D eigenvalue weighted by Gasteiger charge is 2.54. The zero-order valence-corrected chi connectivity index (χ0v) is 13.7. The summed E-state index contributed by atoms with van der Waals surface area (Å²) in [7, 11) is 0. The maximum Gasteiger partial charge on any atom is 0.323 e. The molecule has 1 aromatic heterocycles. The van der Waals surface area contributed by atoms with Crippen LogP contribution in [0.5, 0.6) is 0 Å². The van der Waals surface area contributed by atoms with E-state index in [1.54, 1.807) is 18.3 Å². The number of benzene rings is 1. The molecule has 11 nitrogen and oxygen atoms in total. The predicted molar refractivity (Wildman–Crippen MR) is 92.2 cm³/mol. The number of hydrogen-bond donors (Lipinski definition) is 3. The minimum absolute atomic E-state index is 0.0462. The average molecular weight is 371 g/mol. The molecule has 0 bridgehead atoms. The number of pyridine rings is 1. The maximum atomic E-state index is 12.4. The van der Waals surface area contributed by atoms with Crippen molar-refractivity contribution in [1.82, 2.24) is 4.98 Å². The molecule has 2 aliphatic rings. The van der Waals surface area contributed by atoms with Gasteiger partial charge in [-0.05, 0) is 12.1 Å². The number of nitro groups is 1. The number of aromatic nitrogens is 1. The van der Waals surface area contributed by atoms with Crippen LogP contribution >= 0.6 is 0 Å². The molecule has 2 aromatic rings. The minimum Gasteiger partial charge on any atom is -0.336 e. The molecule has 1 saturated heterocycles. The van der Waals surface area contributed by atoms with E-state index in [-0.39, 0.29) is 35.8 Å². The molecule has 3 N–H and O–H groups in total. The van der Waals surface area contributed by atoms with E-state index in [2.05, 4.69) is 20.9 Å². The lowest BCUT2D eigenvalue weighted by Crippen LogP contribution is -2.35. The number of anilines is 3. The molecule has 11 heteroatoms. The summed E-state index contributed by atoms with van der Waals surface area (Å²) in [5, 5.41) is 18.9. The fourth-order valence-electron chi connectivity index (χ4n) is 2.96. The van der Waals surface area contributed by atoms with E-state index < -0.39 is 22.6 Å². The van der Waals surface area contributed by atoms with Crippen LogP contribution in [-0.2, 0) is 20.1 Å². The normalized spacial score (nSPS) is 16.7. The Hall–Kier alpha value is -3.57. The summed E-state index contributed by atoms with van der Waals surface area (Å²) in [6.45, 7) is 0.333. The minimum atomic E-state index is -1.74. The Labute approximate surface area is 151 Å². The first-order chi connectivity index (χ1) is 13.0. The molecule has 1 spiro atoms. The number of carbonyl (C=O) groups is 2. The van der Waals surface area contributed by atoms with Gasteiger partial charge in [0.05, 0.1) is 47.0 Å². The highest BCUT2D eigenvalue weighted by atomic mass is 16.7. The molecule has 138 valence electrons. The van der Waals surface area contributed by atoms with Crippen molar-refractivity contribution >= 4 is 34.7 Å². The first-order valence-corrected chi connectivity index (χ1v) is 7.90. The van der Waals surface area contributed by atoms with Crippen molar-refractivity contribution in [2.45, 2.75) is 5.79 Å². The third-order valence-electron chi connectivity index (χ3n) is 4.09. The van der Waals surface area contributed by atoms with Gasteiger partial charge in [-0.15, -0.1) is 0 Å². The number of urea groups is 1. The van der Waals surface area contributed by atoms with E-state index in [0.29, 0.717) is 5.69 Å². The standard InChI is InChI=1S/C16H13N5O6/c22-14-16(26-4-5-27-16)11-6-10(21(24)25)7-12(13(11)20-14)19-15(23)18-9-2-1-3-17-8-9/h1-3,6-8H,4-5H2,(H,20,22)(H2,18,19,23). The van der Waals surface area contributed by atoms with E-state index >= 15 is 0 Å². The van der Waals surface area contributed by atoms with Gasteiger partial charge in [-0.2, -0.15) is 0 Å². The van der Waals surface area contributed by atoms with Crippen LogP contribution < -0.4 is 16.0 Å². The third-order valence-corrected chi connectivity index (χ3v) is 4.09. The van der Waals surface area contributed by atoms with Gasteiger partial charge in [0.15, 0.2) is 0 Å². The zero-order chi connectivity index (χ0) is 19.0. The Kier molecular flexibility index (Phi) is 3.94. The fraction of sp³-hybridized carbons (Fsp3) is 0.188. The van der Waals surface area contributed by atoms with Crippen LogP contribution in [0.25, 0.3) is 0 Å². The van der Waals surface area contributed by atoms with Crippen molar-refractivity contribution in [2.24, 2.45) is 0 Å². The smallest absolute Gasteiger partial charge is 0.323 e. The lowest BCUT2D eigenvalue weighted by atomic mass is 10.0. The van der Waals surface area contributed by atoms with Crippen LogP contribution in [0, 0.1) is 10.1 Å². The predicted octanol–water partition coefficient (Wildman–Crippen LogP) is 1.79. The maximum absolute atomic E-state index is 12.4. The lowest BCUT2D eigenvalue weighted by Gasteiger charge is -2.19. The molecule has 0 aliphatic carbocycles. The van der Waals surface area contributed by atoms with Gasteiger partial charge in [0.1, 0.15) is 0 Å². The van der Waals surface area contributed by atoms with E-state index in [1.807, 2.05) is 0 Å². The zero-order valence-electron chi connectivity index (χ0n) is 13.7. The van der Waals surface area contributed by atoms with E-state index in [4.69, 9.17) is 9.47 Å². The summed E-state index contributed by atoms with van der Waals surface area (Å²) in [6, 6.07) is 4.95. The number of ether oxygens (including phenoxy) is 2. The summed E-state index contributed by atoms with van der Waals surface area (Å²) in [5.41, 5.74) is 0.495. The number of hydrogen-bond acceptors (Lipinski definition) is 7. The fourth-order valence-corrected chi connectivity index (χ4v) is 2.96. The van der Waals surface area contributed by atoms with Crippen LogP contribution in [0.15, 0.2) is 36.7 Å². The topological polar surface area (TPSA) is 145 Å². The number of non-ortho nitro benzene ring substituents is 1. The number of nitro benzene ring substituents is 1. The largest absolute Gasteiger partial charge is 0.336 e.